The Morgan fingerprint density at radius 3 is 2.33 bits per heavy atom. The van der Waals surface area contributed by atoms with Crippen LogP contribution < -0.4 is 5.73 Å². The zero-order valence-corrected chi connectivity index (χ0v) is 10.5. The summed E-state index contributed by atoms with van der Waals surface area (Å²) >= 11 is 0. The number of rotatable bonds is 4. The van der Waals surface area contributed by atoms with Gasteiger partial charge in [0.2, 0.25) is 0 Å². The Hall–Kier alpha value is -0.830. The minimum absolute atomic E-state index is 0.0546. The molecule has 1 aromatic rings. The van der Waals surface area contributed by atoms with Crippen LogP contribution in [0.1, 0.15) is 70.4 Å². The van der Waals surface area contributed by atoms with E-state index in [1.54, 1.807) is 0 Å². The molecule has 0 spiro atoms. The van der Waals surface area contributed by atoms with Crippen LogP contribution in [0.5, 0.6) is 0 Å². The van der Waals surface area contributed by atoms with Crippen LogP contribution in [0.4, 0.5) is 0 Å². The van der Waals surface area contributed by atoms with E-state index in [-0.39, 0.29) is 6.04 Å². The van der Waals surface area contributed by atoms with Gasteiger partial charge in [0.05, 0.1) is 11.4 Å². The maximum Gasteiger partial charge on any atom is 0.0653 e. The Labute approximate surface area is 92.7 Å². The number of aromatic nitrogens is 2. The van der Waals surface area contributed by atoms with Gasteiger partial charge in [-0.15, -0.1) is 0 Å². The molecule has 0 aliphatic rings. The molecule has 0 fully saturated rings. The molecule has 2 N–H and O–H groups in total. The van der Waals surface area contributed by atoms with Crippen LogP contribution in [0.15, 0.2) is 6.07 Å². The molecule has 0 radical (unpaired) electrons. The number of hydrogen-bond acceptors (Lipinski definition) is 2. The average molecular weight is 209 g/mol. The van der Waals surface area contributed by atoms with E-state index < -0.39 is 0 Å². The van der Waals surface area contributed by atoms with Crippen molar-refractivity contribution in [3.63, 3.8) is 0 Å². The van der Waals surface area contributed by atoms with Gasteiger partial charge >= 0.3 is 0 Å². The minimum atomic E-state index is 0.0546. The van der Waals surface area contributed by atoms with Crippen molar-refractivity contribution < 1.29 is 0 Å². The van der Waals surface area contributed by atoms with Gasteiger partial charge in [-0.25, -0.2) is 0 Å². The highest BCUT2D eigenvalue weighted by molar-refractivity contribution is 5.16. The quantitative estimate of drug-likeness (QED) is 0.828. The monoisotopic (exact) mass is 209 g/mol. The Balaban J connectivity index is 3.11. The fourth-order valence-electron chi connectivity index (χ4n) is 1.58. The Kier molecular flexibility index (Phi) is 3.91. The summed E-state index contributed by atoms with van der Waals surface area (Å²) in [5, 5.41) is 4.64. The highest BCUT2D eigenvalue weighted by Gasteiger charge is 2.16. The van der Waals surface area contributed by atoms with Crippen molar-refractivity contribution in [3.8, 4) is 0 Å². The first-order valence-corrected chi connectivity index (χ1v) is 5.82. The van der Waals surface area contributed by atoms with E-state index in [0.717, 1.165) is 17.8 Å². The van der Waals surface area contributed by atoms with Gasteiger partial charge in [-0.05, 0) is 32.3 Å². The highest BCUT2D eigenvalue weighted by atomic mass is 15.3. The molecule has 3 heteroatoms. The van der Waals surface area contributed by atoms with Crippen LogP contribution in [-0.2, 0) is 0 Å². The van der Waals surface area contributed by atoms with E-state index in [2.05, 4.69) is 43.5 Å². The smallest absolute Gasteiger partial charge is 0.0653 e. The standard InChI is InChI=1S/C12H23N3/c1-6-9(4)15-12(10(5)13)7-11(14-15)8(2)3/h7-10H,6,13H2,1-5H3/t9?,10-/m0/s1. The van der Waals surface area contributed by atoms with E-state index in [0.29, 0.717) is 12.0 Å². The molecule has 1 unspecified atom stereocenters. The third-order valence-corrected chi connectivity index (χ3v) is 2.85. The van der Waals surface area contributed by atoms with Crippen molar-refractivity contribution in [1.29, 1.82) is 0 Å². The third-order valence-electron chi connectivity index (χ3n) is 2.85. The minimum Gasteiger partial charge on any atom is -0.323 e. The predicted octanol–water partition coefficient (Wildman–Crippen LogP) is 3.00. The number of nitrogens with two attached hydrogens (primary N) is 1. The molecule has 2 atom stereocenters. The van der Waals surface area contributed by atoms with Crippen LogP contribution in [0.2, 0.25) is 0 Å². The molecule has 0 aliphatic heterocycles. The molecule has 0 saturated carbocycles. The van der Waals surface area contributed by atoms with E-state index in [1.807, 2.05) is 6.92 Å². The molecule has 1 rings (SSSR count). The summed E-state index contributed by atoms with van der Waals surface area (Å²) in [6.07, 6.45) is 1.08. The number of nitrogens with zero attached hydrogens (tertiary/aromatic N) is 2. The Morgan fingerprint density at radius 2 is 1.93 bits per heavy atom. The highest BCUT2D eigenvalue weighted by Crippen LogP contribution is 2.22. The molecule has 15 heavy (non-hydrogen) atoms. The number of hydrogen-bond donors (Lipinski definition) is 1. The summed E-state index contributed by atoms with van der Waals surface area (Å²) in [6, 6.07) is 2.62. The lowest BCUT2D eigenvalue weighted by Crippen LogP contribution is -2.16. The lowest BCUT2D eigenvalue weighted by molar-refractivity contribution is 0.445. The molecule has 1 aromatic heterocycles. The molecule has 86 valence electrons. The maximum absolute atomic E-state index is 5.96. The van der Waals surface area contributed by atoms with Crippen molar-refractivity contribution in [2.75, 3.05) is 0 Å². The van der Waals surface area contributed by atoms with Gasteiger partial charge in [0.25, 0.3) is 0 Å². The normalized spacial score (nSPS) is 15.7. The molecular weight excluding hydrogens is 186 g/mol. The largest absolute Gasteiger partial charge is 0.323 e. The van der Waals surface area contributed by atoms with Gasteiger partial charge < -0.3 is 5.73 Å². The summed E-state index contributed by atoms with van der Waals surface area (Å²) in [5.41, 5.74) is 8.25. The molecule has 0 aromatic carbocycles. The zero-order valence-electron chi connectivity index (χ0n) is 10.5. The van der Waals surface area contributed by atoms with Gasteiger partial charge in [-0.1, -0.05) is 20.8 Å². The topological polar surface area (TPSA) is 43.8 Å². The second-order valence-electron chi connectivity index (χ2n) is 4.64. The second kappa shape index (κ2) is 4.79. The first-order valence-electron chi connectivity index (χ1n) is 5.82. The van der Waals surface area contributed by atoms with Crippen molar-refractivity contribution in [1.82, 2.24) is 9.78 Å². The summed E-state index contributed by atoms with van der Waals surface area (Å²) in [7, 11) is 0. The molecule has 0 bridgehead atoms. The van der Waals surface area contributed by atoms with Crippen LogP contribution in [0, 0.1) is 0 Å². The predicted molar refractivity (Wildman–Crippen MR) is 63.9 cm³/mol. The van der Waals surface area contributed by atoms with Crippen LogP contribution in [0.25, 0.3) is 0 Å². The Bertz CT molecular complexity index is 313. The van der Waals surface area contributed by atoms with Crippen molar-refractivity contribution in [2.24, 2.45) is 5.73 Å². The van der Waals surface area contributed by atoms with Gasteiger partial charge in [0.1, 0.15) is 0 Å². The van der Waals surface area contributed by atoms with Crippen molar-refractivity contribution in [2.45, 2.75) is 59.0 Å². The first kappa shape index (κ1) is 12.2. The SMILES string of the molecule is CCC(C)n1nc(C(C)C)cc1[C@H](C)N. The molecule has 0 aliphatic carbocycles. The summed E-state index contributed by atoms with van der Waals surface area (Å²) in [6.45, 7) is 10.7. The van der Waals surface area contributed by atoms with Gasteiger partial charge in [-0.2, -0.15) is 5.10 Å². The van der Waals surface area contributed by atoms with Crippen LogP contribution in [0.3, 0.4) is 0 Å². The Morgan fingerprint density at radius 1 is 1.33 bits per heavy atom. The van der Waals surface area contributed by atoms with Gasteiger partial charge in [0.15, 0.2) is 0 Å². The van der Waals surface area contributed by atoms with Crippen LogP contribution in [-0.4, -0.2) is 9.78 Å². The van der Waals surface area contributed by atoms with Crippen molar-refractivity contribution >= 4 is 0 Å². The van der Waals surface area contributed by atoms with Crippen LogP contribution >= 0.6 is 0 Å². The van der Waals surface area contributed by atoms with E-state index >= 15 is 0 Å². The molecule has 0 saturated heterocycles. The lowest BCUT2D eigenvalue weighted by atomic mass is 10.1. The molecular formula is C12H23N3. The summed E-state index contributed by atoms with van der Waals surface area (Å²) < 4.78 is 2.08. The van der Waals surface area contributed by atoms with E-state index in [4.69, 9.17) is 5.73 Å². The van der Waals surface area contributed by atoms with Gasteiger partial charge in [0, 0.05) is 12.1 Å². The first-order chi connectivity index (χ1) is 6.97. The molecule has 3 nitrogen and oxygen atoms in total. The zero-order chi connectivity index (χ0) is 11.6. The fourth-order valence-corrected chi connectivity index (χ4v) is 1.58. The van der Waals surface area contributed by atoms with Gasteiger partial charge in [-0.3, -0.25) is 4.68 Å². The molecule has 1 heterocycles. The van der Waals surface area contributed by atoms with Crippen molar-refractivity contribution in [3.05, 3.63) is 17.5 Å². The summed E-state index contributed by atoms with van der Waals surface area (Å²) in [4.78, 5) is 0. The average Bonchev–Trinajstić information content (AvgIpc) is 2.61. The summed E-state index contributed by atoms with van der Waals surface area (Å²) in [5.74, 6) is 0.466. The lowest BCUT2D eigenvalue weighted by Gasteiger charge is -2.15. The fraction of sp³-hybridized carbons (Fsp3) is 0.750. The second-order valence-corrected chi connectivity index (χ2v) is 4.64. The third kappa shape index (κ3) is 2.59. The maximum atomic E-state index is 5.96. The van der Waals surface area contributed by atoms with E-state index in [9.17, 15) is 0 Å². The molecule has 0 amide bonds. The van der Waals surface area contributed by atoms with E-state index in [1.165, 1.54) is 0 Å².